The van der Waals surface area contributed by atoms with Crippen LogP contribution in [0.5, 0.6) is 0 Å². The first-order valence-corrected chi connectivity index (χ1v) is 20.6. The second-order valence-electron chi connectivity index (χ2n) is 20.6. The third kappa shape index (κ3) is 5.59. The number of rotatable bonds is 8. The number of hydrogen-bond acceptors (Lipinski definition) is 6. The van der Waals surface area contributed by atoms with Crippen molar-refractivity contribution in [1.29, 1.82) is 0 Å². The summed E-state index contributed by atoms with van der Waals surface area (Å²) in [4.78, 5) is 57.2. The number of Topliss-reactive ketones (excluding diaryl/α,β-unsaturated/α-hetero) is 1. The highest BCUT2D eigenvalue weighted by Gasteiger charge is 2.70. The van der Waals surface area contributed by atoms with Gasteiger partial charge in [-0.3, -0.25) is 24.2 Å². The summed E-state index contributed by atoms with van der Waals surface area (Å²) in [5.41, 5.74) is 2.24. The Kier molecular flexibility index (Phi) is 9.21. The molecule has 1 aromatic rings. The molecule has 8 nitrogen and oxygen atoms in total. The average molecular weight is 729 g/mol. The van der Waals surface area contributed by atoms with Crippen molar-refractivity contribution in [2.24, 2.45) is 68.0 Å². The molecule has 0 aromatic carbocycles. The number of aliphatic carboxylic acids is 1. The number of aromatic nitrogens is 1. The summed E-state index contributed by atoms with van der Waals surface area (Å²) in [6.07, 6.45) is 12.5. The summed E-state index contributed by atoms with van der Waals surface area (Å²) in [6.45, 7) is 20.8. The molecule has 8 heteroatoms. The Hall–Kier alpha value is -3.03. The first-order chi connectivity index (χ1) is 24.7. The molecule has 5 saturated carbocycles. The third-order valence-corrected chi connectivity index (χ3v) is 17.3. The van der Waals surface area contributed by atoms with Crippen molar-refractivity contribution in [3.63, 3.8) is 0 Å². The Labute approximate surface area is 317 Å². The molecule has 53 heavy (non-hydrogen) atoms. The van der Waals surface area contributed by atoms with E-state index in [1.807, 2.05) is 26.0 Å². The van der Waals surface area contributed by atoms with Gasteiger partial charge in [0.2, 0.25) is 5.91 Å². The fraction of sp³-hybridized carbons (Fsp3) is 0.756. The van der Waals surface area contributed by atoms with E-state index in [-0.39, 0.29) is 63.2 Å². The summed E-state index contributed by atoms with van der Waals surface area (Å²) in [6, 6.07) is 3.86. The number of carboxylic acid groups (broad SMARTS) is 1. The van der Waals surface area contributed by atoms with Gasteiger partial charge in [0.25, 0.3) is 0 Å². The molecular formula is C45H64N2O6. The maximum absolute atomic E-state index is 14.0. The van der Waals surface area contributed by atoms with Crippen molar-refractivity contribution in [3.05, 3.63) is 41.2 Å². The van der Waals surface area contributed by atoms with E-state index >= 15 is 0 Å². The predicted molar refractivity (Wildman–Crippen MR) is 203 cm³/mol. The quantitative estimate of drug-likeness (QED) is 0.257. The van der Waals surface area contributed by atoms with Crippen LogP contribution in [0.15, 0.2) is 35.7 Å². The second kappa shape index (κ2) is 12.8. The van der Waals surface area contributed by atoms with E-state index in [4.69, 9.17) is 4.74 Å². The molecule has 0 saturated heterocycles. The highest BCUT2D eigenvalue weighted by Crippen LogP contribution is 2.77. The molecule has 0 radical (unpaired) electrons. The number of carbonyl (C=O) groups is 4. The normalized spacial score (nSPS) is 41.0. The second-order valence-corrected chi connectivity index (χ2v) is 20.6. The van der Waals surface area contributed by atoms with Gasteiger partial charge in [0.15, 0.2) is 5.78 Å². The van der Waals surface area contributed by atoms with Crippen LogP contribution in [0.25, 0.3) is 0 Å². The lowest BCUT2D eigenvalue weighted by molar-refractivity contribution is -0.236. The summed E-state index contributed by atoms with van der Waals surface area (Å²) >= 11 is 0. The van der Waals surface area contributed by atoms with Crippen molar-refractivity contribution in [1.82, 2.24) is 10.3 Å². The predicted octanol–water partition coefficient (Wildman–Crippen LogP) is 8.73. The number of ether oxygens (including phenoxy) is 1. The van der Waals surface area contributed by atoms with E-state index in [1.165, 1.54) is 5.57 Å². The molecule has 6 aliphatic carbocycles. The third-order valence-electron chi connectivity index (χ3n) is 17.3. The van der Waals surface area contributed by atoms with E-state index in [9.17, 15) is 24.3 Å². The summed E-state index contributed by atoms with van der Waals surface area (Å²) < 4.78 is 6.41. The molecule has 2 N–H and O–H groups in total. The molecule has 0 bridgehead atoms. The first-order valence-electron chi connectivity index (χ1n) is 20.6. The van der Waals surface area contributed by atoms with E-state index in [2.05, 4.69) is 58.8 Å². The van der Waals surface area contributed by atoms with Crippen LogP contribution < -0.4 is 5.32 Å². The number of amides is 1. The Morgan fingerprint density at radius 1 is 0.906 bits per heavy atom. The number of esters is 1. The summed E-state index contributed by atoms with van der Waals surface area (Å²) in [5, 5.41) is 12.8. The minimum absolute atomic E-state index is 0.00359. The number of pyridine rings is 1. The van der Waals surface area contributed by atoms with Gasteiger partial charge in [-0.2, -0.15) is 0 Å². The van der Waals surface area contributed by atoms with Crippen molar-refractivity contribution in [2.45, 2.75) is 146 Å². The molecule has 1 aromatic heterocycles. The van der Waals surface area contributed by atoms with E-state index in [1.54, 1.807) is 12.4 Å². The topological polar surface area (TPSA) is 123 Å². The van der Waals surface area contributed by atoms with E-state index < -0.39 is 22.7 Å². The minimum Gasteiger partial charge on any atom is -0.481 e. The number of hydrogen-bond donors (Lipinski definition) is 2. The van der Waals surface area contributed by atoms with Gasteiger partial charge < -0.3 is 15.2 Å². The van der Waals surface area contributed by atoms with Gasteiger partial charge in [0.05, 0.1) is 11.8 Å². The van der Waals surface area contributed by atoms with Crippen LogP contribution >= 0.6 is 0 Å². The standard InChI is InChI=1S/C45H64N2O6/c1-26(2)36-31(48)22-45(23-35(49)47-25-27-11-10-20-46-24-27)19-18-43(8)28(37(36)45)12-13-33-42(7)16-15-34(41(5,6)32(42)14-17-44(33,43)9)53-39(52)30-21-29(38(50)51)40(30,3)4/h10-11,20,24,26,28-30,32-34H,12-19,21-23,25H2,1-9H3,(H,47,49)(H,50,51)/t28?,29-,30+,32-,33+,34?,42-,43+,44+,45-/m0/s1. The van der Waals surface area contributed by atoms with Gasteiger partial charge in [0.1, 0.15) is 6.10 Å². The zero-order valence-corrected chi connectivity index (χ0v) is 33.8. The minimum atomic E-state index is -0.830. The number of carbonyl (C=O) groups excluding carboxylic acids is 3. The van der Waals surface area contributed by atoms with Crippen molar-refractivity contribution in [2.75, 3.05) is 0 Å². The smallest absolute Gasteiger partial charge is 0.309 e. The highest BCUT2D eigenvalue weighted by atomic mass is 16.5. The maximum Gasteiger partial charge on any atom is 0.309 e. The van der Waals surface area contributed by atoms with Crippen LogP contribution in [0.2, 0.25) is 0 Å². The lowest BCUT2D eigenvalue weighted by atomic mass is 9.33. The van der Waals surface area contributed by atoms with Gasteiger partial charge in [-0.1, -0.05) is 74.0 Å². The van der Waals surface area contributed by atoms with Crippen LogP contribution in [0.1, 0.15) is 139 Å². The zero-order chi connectivity index (χ0) is 38.5. The maximum atomic E-state index is 14.0. The SMILES string of the molecule is CC(C)C1=C2C3CC[C@@H]4[C@@]5(C)CCC(OC(=O)[C@H]6C[C@@H](C(=O)O)C6(C)C)C(C)(C)[C@@H]5CC[C@@]4(C)[C@]3(C)CC[C@@]2(CC(=O)NCc2cccnc2)CC1=O. The molecule has 0 spiro atoms. The molecule has 5 fully saturated rings. The fourth-order valence-electron chi connectivity index (χ4n) is 14.2. The fourth-order valence-corrected chi connectivity index (χ4v) is 14.2. The number of nitrogens with zero attached hydrogens (tertiary/aromatic N) is 1. The van der Waals surface area contributed by atoms with Gasteiger partial charge in [-0.25, -0.2) is 0 Å². The Bertz CT molecular complexity index is 1710. The number of fused-ring (bicyclic) bond motifs is 7. The monoisotopic (exact) mass is 728 g/mol. The van der Waals surface area contributed by atoms with Crippen LogP contribution in [0, 0.1) is 68.0 Å². The number of nitrogens with one attached hydrogen (secondary N) is 1. The molecule has 2 unspecified atom stereocenters. The molecule has 290 valence electrons. The van der Waals surface area contributed by atoms with Crippen molar-refractivity contribution >= 4 is 23.6 Å². The molecule has 6 aliphatic rings. The molecule has 10 atom stereocenters. The Balaban J connectivity index is 1.13. The van der Waals surface area contributed by atoms with Gasteiger partial charge >= 0.3 is 11.9 Å². The highest BCUT2D eigenvalue weighted by molar-refractivity contribution is 6.01. The lowest BCUT2D eigenvalue weighted by Gasteiger charge is -2.72. The van der Waals surface area contributed by atoms with Gasteiger partial charge in [-0.05, 0) is 120 Å². The first kappa shape index (κ1) is 38.3. The van der Waals surface area contributed by atoms with Crippen LogP contribution in [0.3, 0.4) is 0 Å². The van der Waals surface area contributed by atoms with Crippen LogP contribution in [0.4, 0.5) is 0 Å². The molecular weight excluding hydrogens is 665 g/mol. The summed E-state index contributed by atoms with van der Waals surface area (Å²) in [7, 11) is 0. The lowest BCUT2D eigenvalue weighted by Crippen LogP contribution is -2.66. The van der Waals surface area contributed by atoms with Gasteiger partial charge in [-0.15, -0.1) is 0 Å². The number of ketones is 1. The van der Waals surface area contributed by atoms with Crippen LogP contribution in [-0.4, -0.2) is 39.8 Å². The number of allylic oxidation sites excluding steroid dienone is 2. The largest absolute Gasteiger partial charge is 0.481 e. The number of carboxylic acids is 1. The molecule has 7 rings (SSSR count). The zero-order valence-electron chi connectivity index (χ0n) is 33.8. The Morgan fingerprint density at radius 2 is 1.64 bits per heavy atom. The summed E-state index contributed by atoms with van der Waals surface area (Å²) in [5.74, 6) is -0.377. The Morgan fingerprint density at radius 3 is 2.28 bits per heavy atom. The average Bonchev–Trinajstić information content (AvgIpc) is 3.37. The van der Waals surface area contributed by atoms with Crippen molar-refractivity contribution < 1.29 is 29.0 Å². The van der Waals surface area contributed by atoms with E-state index in [0.717, 1.165) is 62.5 Å². The van der Waals surface area contributed by atoms with Crippen molar-refractivity contribution in [3.8, 4) is 0 Å². The molecule has 1 heterocycles. The van der Waals surface area contributed by atoms with E-state index in [0.29, 0.717) is 37.6 Å². The van der Waals surface area contributed by atoms with Gasteiger partial charge in [0, 0.05) is 42.6 Å². The van der Waals surface area contributed by atoms with Crippen LogP contribution in [-0.2, 0) is 30.5 Å². The molecule has 0 aliphatic heterocycles. The molecule has 1 amide bonds.